The number of carboxylic acid groups (broad SMARTS) is 1. The van der Waals surface area contributed by atoms with Crippen LogP contribution in [0.3, 0.4) is 0 Å². The molecule has 2 atom stereocenters. The van der Waals surface area contributed by atoms with Crippen LogP contribution in [0.15, 0.2) is 0 Å². The van der Waals surface area contributed by atoms with Crippen molar-refractivity contribution in [2.75, 3.05) is 13.2 Å². The Balaban J connectivity index is 2.50. The predicted molar refractivity (Wildman–Crippen MR) is 71.9 cm³/mol. The molecule has 2 unspecified atom stereocenters. The average Bonchev–Trinajstić information content (AvgIpc) is 2.84. The minimum Gasteiger partial charge on any atom is -0.479 e. The first kappa shape index (κ1) is 16.0. The van der Waals surface area contributed by atoms with Gasteiger partial charge in [0.15, 0.2) is 5.54 Å². The van der Waals surface area contributed by atoms with Gasteiger partial charge in [-0.05, 0) is 12.3 Å². The zero-order valence-corrected chi connectivity index (χ0v) is 11.9. The van der Waals surface area contributed by atoms with Gasteiger partial charge in [-0.1, -0.05) is 33.1 Å². The van der Waals surface area contributed by atoms with Crippen LogP contribution in [-0.4, -0.2) is 35.7 Å². The summed E-state index contributed by atoms with van der Waals surface area (Å²) in [7, 11) is 0. The zero-order chi connectivity index (χ0) is 14.3. The fourth-order valence-corrected chi connectivity index (χ4v) is 2.41. The smallest absolute Gasteiger partial charge is 0.331 e. The van der Waals surface area contributed by atoms with Crippen LogP contribution in [-0.2, 0) is 14.3 Å². The van der Waals surface area contributed by atoms with Crippen molar-refractivity contribution in [2.45, 2.75) is 57.9 Å². The van der Waals surface area contributed by atoms with Crippen molar-refractivity contribution in [1.82, 2.24) is 5.32 Å². The van der Waals surface area contributed by atoms with Gasteiger partial charge in [-0.25, -0.2) is 4.79 Å². The van der Waals surface area contributed by atoms with Crippen molar-refractivity contribution >= 4 is 11.9 Å². The van der Waals surface area contributed by atoms with Gasteiger partial charge in [-0.2, -0.15) is 0 Å². The lowest BCUT2D eigenvalue weighted by molar-refractivity contribution is -0.147. The normalized spacial score (nSPS) is 24.1. The second-order valence-corrected chi connectivity index (χ2v) is 5.36. The highest BCUT2D eigenvalue weighted by atomic mass is 16.5. The molecule has 1 amide bonds. The molecule has 1 aliphatic heterocycles. The number of amides is 1. The summed E-state index contributed by atoms with van der Waals surface area (Å²) >= 11 is 0. The molecule has 110 valence electrons. The van der Waals surface area contributed by atoms with Gasteiger partial charge in [0.1, 0.15) is 0 Å². The maximum absolute atomic E-state index is 12.0. The maximum Gasteiger partial charge on any atom is 0.331 e. The Morgan fingerprint density at radius 1 is 1.42 bits per heavy atom. The molecule has 2 N–H and O–H groups in total. The van der Waals surface area contributed by atoms with E-state index in [1.165, 1.54) is 0 Å². The maximum atomic E-state index is 12.0. The van der Waals surface area contributed by atoms with Crippen LogP contribution < -0.4 is 5.32 Å². The van der Waals surface area contributed by atoms with Crippen LogP contribution in [0.25, 0.3) is 0 Å². The fourth-order valence-electron chi connectivity index (χ4n) is 2.41. The van der Waals surface area contributed by atoms with E-state index in [2.05, 4.69) is 19.2 Å². The summed E-state index contributed by atoms with van der Waals surface area (Å²) in [5.74, 6) is -0.830. The number of carboxylic acids is 1. The van der Waals surface area contributed by atoms with Crippen LogP contribution >= 0.6 is 0 Å². The number of rotatable bonds is 8. The number of hydrogen-bond acceptors (Lipinski definition) is 3. The Morgan fingerprint density at radius 3 is 2.63 bits per heavy atom. The van der Waals surface area contributed by atoms with E-state index in [-0.39, 0.29) is 12.5 Å². The highest BCUT2D eigenvalue weighted by Gasteiger charge is 2.43. The average molecular weight is 271 g/mol. The molecular formula is C14H25NO4. The standard InChI is InChI=1S/C14H25NO4/c1-3-5-6-11(4-2)9-12(16)15-14(13(17)18)7-8-19-10-14/h11H,3-10H2,1-2H3,(H,15,16)(H,17,18). The van der Waals surface area contributed by atoms with Crippen LogP contribution in [0, 0.1) is 5.92 Å². The lowest BCUT2D eigenvalue weighted by atomic mass is 9.93. The van der Waals surface area contributed by atoms with Crippen LogP contribution in [0.5, 0.6) is 0 Å². The molecule has 0 spiro atoms. The molecule has 0 aromatic rings. The van der Waals surface area contributed by atoms with Crippen LogP contribution in [0.4, 0.5) is 0 Å². The number of unbranched alkanes of at least 4 members (excludes halogenated alkanes) is 1. The van der Waals surface area contributed by atoms with Crippen molar-refractivity contribution in [3.05, 3.63) is 0 Å². The number of hydrogen-bond donors (Lipinski definition) is 2. The molecule has 0 aromatic heterocycles. The Hall–Kier alpha value is -1.10. The largest absolute Gasteiger partial charge is 0.479 e. The molecule has 0 aromatic carbocycles. The summed E-state index contributed by atoms with van der Waals surface area (Å²) in [6, 6.07) is 0. The van der Waals surface area contributed by atoms with Gasteiger partial charge in [0.2, 0.25) is 5.91 Å². The second-order valence-electron chi connectivity index (χ2n) is 5.36. The Bertz CT molecular complexity index is 311. The Labute approximate surface area is 114 Å². The first-order valence-corrected chi connectivity index (χ1v) is 7.16. The second kappa shape index (κ2) is 7.48. The summed E-state index contributed by atoms with van der Waals surface area (Å²) in [6.45, 7) is 4.65. The van der Waals surface area contributed by atoms with Gasteiger partial charge in [0, 0.05) is 19.4 Å². The topological polar surface area (TPSA) is 75.6 Å². The van der Waals surface area contributed by atoms with Crippen LogP contribution in [0.2, 0.25) is 0 Å². The van der Waals surface area contributed by atoms with Crippen molar-refractivity contribution in [1.29, 1.82) is 0 Å². The van der Waals surface area contributed by atoms with Crippen molar-refractivity contribution < 1.29 is 19.4 Å². The highest BCUT2D eigenvalue weighted by Crippen LogP contribution is 2.21. The van der Waals surface area contributed by atoms with Gasteiger partial charge < -0.3 is 15.2 Å². The van der Waals surface area contributed by atoms with Gasteiger partial charge in [0.25, 0.3) is 0 Å². The molecule has 1 fully saturated rings. The molecule has 1 saturated heterocycles. The van der Waals surface area contributed by atoms with E-state index in [0.717, 1.165) is 25.7 Å². The van der Waals surface area contributed by atoms with Crippen molar-refractivity contribution in [3.8, 4) is 0 Å². The summed E-state index contributed by atoms with van der Waals surface area (Å²) in [4.78, 5) is 23.3. The monoisotopic (exact) mass is 271 g/mol. The van der Waals surface area contributed by atoms with E-state index in [9.17, 15) is 14.7 Å². The first-order chi connectivity index (χ1) is 9.04. The molecule has 5 nitrogen and oxygen atoms in total. The first-order valence-electron chi connectivity index (χ1n) is 7.16. The molecule has 5 heteroatoms. The third-order valence-corrected chi connectivity index (χ3v) is 3.83. The molecule has 1 rings (SSSR count). The lowest BCUT2D eigenvalue weighted by Gasteiger charge is -2.25. The van der Waals surface area contributed by atoms with E-state index < -0.39 is 11.5 Å². The minimum absolute atomic E-state index is 0.0693. The van der Waals surface area contributed by atoms with Crippen LogP contribution in [0.1, 0.15) is 52.4 Å². The third kappa shape index (κ3) is 4.49. The van der Waals surface area contributed by atoms with E-state index in [4.69, 9.17) is 4.74 Å². The number of nitrogens with one attached hydrogen (secondary N) is 1. The number of carbonyl (C=O) groups excluding carboxylic acids is 1. The minimum atomic E-state index is -1.21. The Morgan fingerprint density at radius 2 is 2.16 bits per heavy atom. The molecule has 0 radical (unpaired) electrons. The van der Waals surface area contributed by atoms with E-state index in [1.807, 2.05) is 0 Å². The van der Waals surface area contributed by atoms with E-state index in [1.54, 1.807) is 0 Å². The number of ether oxygens (including phenoxy) is 1. The predicted octanol–water partition coefficient (Wildman–Crippen LogP) is 1.95. The molecule has 0 aliphatic carbocycles. The third-order valence-electron chi connectivity index (χ3n) is 3.83. The quantitative estimate of drug-likeness (QED) is 0.707. The molecule has 0 saturated carbocycles. The molecular weight excluding hydrogens is 246 g/mol. The number of aliphatic carboxylic acids is 1. The van der Waals surface area contributed by atoms with E-state index in [0.29, 0.717) is 25.4 Å². The number of carbonyl (C=O) groups is 2. The molecule has 1 heterocycles. The molecule has 19 heavy (non-hydrogen) atoms. The van der Waals surface area contributed by atoms with E-state index >= 15 is 0 Å². The molecule has 0 bridgehead atoms. The fraction of sp³-hybridized carbons (Fsp3) is 0.857. The summed E-state index contributed by atoms with van der Waals surface area (Å²) in [6.07, 6.45) is 4.95. The SMILES string of the molecule is CCCCC(CC)CC(=O)NC1(C(=O)O)CCOC1. The van der Waals surface area contributed by atoms with Gasteiger partial charge >= 0.3 is 5.97 Å². The van der Waals surface area contributed by atoms with Gasteiger partial charge in [-0.3, -0.25) is 4.79 Å². The van der Waals surface area contributed by atoms with Crippen molar-refractivity contribution in [3.63, 3.8) is 0 Å². The summed E-state index contributed by atoms with van der Waals surface area (Å²) in [5.41, 5.74) is -1.21. The van der Waals surface area contributed by atoms with Gasteiger partial charge in [-0.15, -0.1) is 0 Å². The lowest BCUT2D eigenvalue weighted by Crippen LogP contribution is -2.55. The molecule has 1 aliphatic rings. The van der Waals surface area contributed by atoms with Crippen molar-refractivity contribution in [2.24, 2.45) is 5.92 Å². The van der Waals surface area contributed by atoms with Gasteiger partial charge in [0.05, 0.1) is 6.61 Å². The summed E-state index contributed by atoms with van der Waals surface area (Å²) < 4.78 is 5.12. The summed E-state index contributed by atoms with van der Waals surface area (Å²) in [5, 5.41) is 11.9. The highest BCUT2D eigenvalue weighted by molar-refractivity contribution is 5.87. The zero-order valence-electron chi connectivity index (χ0n) is 11.9. The Kier molecular flexibility index (Phi) is 6.28.